The lowest BCUT2D eigenvalue weighted by molar-refractivity contribution is -0.143. The molecule has 0 atom stereocenters. The first-order valence-electron chi connectivity index (χ1n) is 14.4. The van der Waals surface area contributed by atoms with Crippen molar-refractivity contribution < 1.29 is 32.6 Å². The summed E-state index contributed by atoms with van der Waals surface area (Å²) in [7, 11) is 0. The predicted molar refractivity (Wildman–Crippen MR) is 161 cm³/mol. The van der Waals surface area contributed by atoms with Gasteiger partial charge in [0, 0.05) is 18.0 Å². The summed E-state index contributed by atoms with van der Waals surface area (Å²) in [5, 5.41) is 13.1. The van der Waals surface area contributed by atoms with E-state index < -0.39 is 29.5 Å². The quantitative estimate of drug-likeness (QED) is 0.204. The van der Waals surface area contributed by atoms with Gasteiger partial charge in [0.15, 0.2) is 11.5 Å². The third-order valence-corrected chi connectivity index (χ3v) is 9.03. The smallest absolute Gasteiger partial charge is 0.434 e. The van der Waals surface area contributed by atoms with Gasteiger partial charge < -0.3 is 14.7 Å². The van der Waals surface area contributed by atoms with Crippen molar-refractivity contribution >= 4 is 23.4 Å². The lowest BCUT2D eigenvalue weighted by Crippen LogP contribution is -2.36. The Morgan fingerprint density at radius 2 is 1.80 bits per heavy atom. The number of esters is 1. The van der Waals surface area contributed by atoms with Crippen LogP contribution in [0.25, 0.3) is 16.4 Å². The number of halogens is 3. The summed E-state index contributed by atoms with van der Waals surface area (Å²) in [6.07, 6.45) is -1.76. The number of aromatic nitrogens is 3. The van der Waals surface area contributed by atoms with Gasteiger partial charge in [-0.3, -0.25) is 0 Å². The van der Waals surface area contributed by atoms with E-state index in [1.165, 1.54) is 45.9 Å². The average molecular weight is 627 g/mol. The highest BCUT2D eigenvalue weighted by Gasteiger charge is 2.41. The summed E-state index contributed by atoms with van der Waals surface area (Å²) in [5.41, 5.74) is 3.29. The molecular formula is C32H33F3N4O4S. The van der Waals surface area contributed by atoms with Crippen LogP contribution in [0.5, 0.6) is 0 Å². The van der Waals surface area contributed by atoms with Gasteiger partial charge in [-0.1, -0.05) is 24.3 Å². The number of hydrogen-bond acceptors (Lipinski definition) is 6. The summed E-state index contributed by atoms with van der Waals surface area (Å²) >= 11 is 1.53. The maximum absolute atomic E-state index is 14.1. The summed E-state index contributed by atoms with van der Waals surface area (Å²) in [6.45, 7) is 6.61. The topological polar surface area (TPSA) is 97.6 Å². The lowest BCUT2D eigenvalue weighted by Gasteiger charge is -2.30. The Balaban J connectivity index is 1.36. The minimum absolute atomic E-state index is 0.0528. The van der Waals surface area contributed by atoms with Crippen LogP contribution in [-0.4, -0.2) is 56.5 Å². The van der Waals surface area contributed by atoms with Crippen molar-refractivity contribution in [3.8, 4) is 16.4 Å². The third-order valence-electron chi connectivity index (χ3n) is 7.92. The zero-order valence-corrected chi connectivity index (χ0v) is 25.5. The van der Waals surface area contributed by atoms with Gasteiger partial charge in [-0.25, -0.2) is 19.3 Å². The Morgan fingerprint density at radius 1 is 1.07 bits per heavy atom. The minimum Gasteiger partial charge on any atom is -0.465 e. The first-order valence-corrected chi connectivity index (χ1v) is 15.2. The van der Waals surface area contributed by atoms with Gasteiger partial charge in [0.25, 0.3) is 0 Å². The fourth-order valence-electron chi connectivity index (χ4n) is 5.72. The number of carbonyl (C=O) groups is 2. The van der Waals surface area contributed by atoms with Crippen molar-refractivity contribution in [3.05, 3.63) is 87.0 Å². The van der Waals surface area contributed by atoms with Crippen molar-refractivity contribution in [1.29, 1.82) is 0 Å². The number of aryl methyl sites for hydroxylation is 4. The molecule has 0 radical (unpaired) electrons. The highest BCUT2D eigenvalue weighted by atomic mass is 32.1. The predicted octanol–water partition coefficient (Wildman–Crippen LogP) is 7.45. The molecule has 3 aromatic heterocycles. The van der Waals surface area contributed by atoms with Gasteiger partial charge in [0.1, 0.15) is 5.56 Å². The van der Waals surface area contributed by atoms with Crippen molar-refractivity contribution in [2.75, 3.05) is 19.7 Å². The number of carboxylic acid groups (broad SMARTS) is 1. The van der Waals surface area contributed by atoms with E-state index in [1.54, 1.807) is 12.1 Å². The van der Waals surface area contributed by atoms with Crippen molar-refractivity contribution in [2.24, 2.45) is 0 Å². The van der Waals surface area contributed by atoms with E-state index in [0.717, 1.165) is 40.8 Å². The van der Waals surface area contributed by atoms with Crippen molar-refractivity contribution in [1.82, 2.24) is 19.7 Å². The minimum atomic E-state index is -4.86. The van der Waals surface area contributed by atoms with Crippen LogP contribution in [-0.2, 0) is 23.8 Å². The normalized spacial score (nSPS) is 14.2. The molecule has 1 aliphatic rings. The number of nitrogens with zero attached hydrogens (tertiary/aromatic N) is 4. The van der Waals surface area contributed by atoms with E-state index in [2.05, 4.69) is 41.3 Å². The molecule has 232 valence electrons. The number of pyridine rings is 1. The molecule has 0 aliphatic carbocycles. The molecule has 0 saturated carbocycles. The third kappa shape index (κ3) is 6.64. The van der Waals surface area contributed by atoms with E-state index in [-0.39, 0.29) is 12.4 Å². The van der Waals surface area contributed by atoms with Gasteiger partial charge >= 0.3 is 18.2 Å². The molecule has 1 aliphatic heterocycles. The summed E-state index contributed by atoms with van der Waals surface area (Å²) in [6, 6.07) is 13.4. The van der Waals surface area contributed by atoms with E-state index in [1.807, 2.05) is 6.92 Å². The molecule has 0 unspecified atom stereocenters. The van der Waals surface area contributed by atoms with Crippen LogP contribution in [0, 0.1) is 13.8 Å². The molecule has 5 rings (SSSR count). The summed E-state index contributed by atoms with van der Waals surface area (Å²) in [4.78, 5) is 31.4. The van der Waals surface area contributed by atoms with E-state index >= 15 is 0 Å². The zero-order valence-electron chi connectivity index (χ0n) is 24.6. The van der Waals surface area contributed by atoms with Crippen LogP contribution >= 0.6 is 11.3 Å². The van der Waals surface area contributed by atoms with Gasteiger partial charge in [-0.15, -0.1) is 11.3 Å². The first kappa shape index (κ1) is 31.2. The Morgan fingerprint density at radius 3 is 2.45 bits per heavy atom. The zero-order chi connectivity index (χ0) is 31.6. The number of alkyl halides is 3. The molecule has 44 heavy (non-hydrogen) atoms. The van der Waals surface area contributed by atoms with Crippen LogP contribution in [0.1, 0.15) is 68.9 Å². The van der Waals surface area contributed by atoms with Crippen molar-refractivity contribution in [2.45, 2.75) is 58.5 Å². The number of ether oxygens (including phenoxy) is 1. The molecule has 4 heterocycles. The van der Waals surface area contributed by atoms with Crippen LogP contribution in [0.15, 0.2) is 48.7 Å². The Bertz CT molecular complexity index is 1670. The molecule has 1 saturated heterocycles. The lowest BCUT2D eigenvalue weighted by atomic mass is 9.87. The van der Waals surface area contributed by atoms with Gasteiger partial charge in [-0.2, -0.15) is 18.3 Å². The monoisotopic (exact) mass is 626 g/mol. The highest BCUT2D eigenvalue weighted by molar-refractivity contribution is 7.15. The summed E-state index contributed by atoms with van der Waals surface area (Å²) < 4.78 is 47.7. The van der Waals surface area contributed by atoms with Crippen LogP contribution in [0.2, 0.25) is 0 Å². The number of hydrogen-bond donors (Lipinski definition) is 1. The second-order valence-electron chi connectivity index (χ2n) is 10.9. The number of benzene rings is 1. The number of amides is 1. The van der Waals surface area contributed by atoms with E-state index in [4.69, 9.17) is 4.74 Å². The second kappa shape index (κ2) is 12.8. The number of rotatable bonds is 8. The molecule has 1 amide bonds. The van der Waals surface area contributed by atoms with Crippen LogP contribution < -0.4 is 0 Å². The van der Waals surface area contributed by atoms with Gasteiger partial charge in [0.05, 0.1) is 23.4 Å². The Kier molecular flexibility index (Phi) is 9.10. The Hall–Kier alpha value is -4.19. The largest absolute Gasteiger partial charge is 0.465 e. The molecule has 1 fully saturated rings. The summed E-state index contributed by atoms with van der Waals surface area (Å²) in [5.74, 6) is -0.808. The second-order valence-corrected chi connectivity index (χ2v) is 12.1. The standard InChI is InChI=1S/C32H33F3N4O4S/c1-4-43-30(40)25-18-36-39(29(25)32(33,34)35)27-7-5-6-26(37-27)28-24(17-20(3)44-28)11-9-21-8-10-23(16-19(21)2)22-12-14-38(15-13-22)31(41)42/h5-8,10,16-18,22H,4,9,11-15H2,1-3H3,(H,41,42). The van der Waals surface area contributed by atoms with E-state index in [9.17, 15) is 27.9 Å². The molecule has 12 heteroatoms. The molecule has 8 nitrogen and oxygen atoms in total. The van der Waals surface area contributed by atoms with E-state index in [0.29, 0.717) is 35.8 Å². The fraction of sp³-hybridized carbons (Fsp3) is 0.375. The fourth-order valence-corrected chi connectivity index (χ4v) is 6.75. The molecule has 0 spiro atoms. The van der Waals surface area contributed by atoms with Gasteiger partial charge in [-0.05, 0) is 92.8 Å². The number of thiophene rings is 1. The highest BCUT2D eigenvalue weighted by Crippen LogP contribution is 2.36. The maximum Gasteiger partial charge on any atom is 0.434 e. The van der Waals surface area contributed by atoms with Crippen LogP contribution in [0.3, 0.4) is 0 Å². The number of piperidine rings is 1. The Labute approximate surface area is 257 Å². The molecule has 1 N–H and O–H groups in total. The maximum atomic E-state index is 14.1. The van der Waals surface area contributed by atoms with Crippen molar-refractivity contribution in [3.63, 3.8) is 0 Å². The van der Waals surface area contributed by atoms with Gasteiger partial charge in [0.2, 0.25) is 0 Å². The molecule has 0 bridgehead atoms. The molecular weight excluding hydrogens is 593 g/mol. The molecule has 1 aromatic carbocycles. The average Bonchev–Trinajstić information content (AvgIpc) is 3.61. The van der Waals surface area contributed by atoms with Crippen LogP contribution in [0.4, 0.5) is 18.0 Å². The number of carbonyl (C=O) groups excluding carboxylic acids is 1. The SMILES string of the molecule is CCOC(=O)c1cnn(-c2cccc(-c3sc(C)cc3CCc3ccc(C4CCN(C(=O)O)CC4)cc3C)n2)c1C(F)(F)F. The number of likely N-dealkylation sites (tertiary alicyclic amines) is 1. The first-order chi connectivity index (χ1) is 21.0. The molecule has 4 aromatic rings.